The van der Waals surface area contributed by atoms with Gasteiger partial charge in [0.15, 0.2) is 5.82 Å². The molecule has 0 saturated heterocycles. The van der Waals surface area contributed by atoms with Gasteiger partial charge in [0.2, 0.25) is 0 Å². The van der Waals surface area contributed by atoms with Crippen LogP contribution in [0.15, 0.2) is 18.5 Å². The molecule has 170 valence electrons. The largest absolute Gasteiger partial charge is 0.315 e. The highest BCUT2D eigenvalue weighted by molar-refractivity contribution is 5.57. The second kappa shape index (κ2) is 7.68. The van der Waals surface area contributed by atoms with Crippen LogP contribution in [0.25, 0.3) is 22.9 Å². The fraction of sp³-hybridized carbons (Fsp3) is 0.545. The van der Waals surface area contributed by atoms with Gasteiger partial charge in [-0.3, -0.25) is 9.36 Å². The van der Waals surface area contributed by atoms with Crippen LogP contribution in [0, 0.1) is 6.92 Å². The summed E-state index contributed by atoms with van der Waals surface area (Å²) < 4.78 is 5.85. The molecule has 0 unspecified atom stereocenters. The Bertz CT molecular complexity index is 1230. The van der Waals surface area contributed by atoms with E-state index in [9.17, 15) is 0 Å². The van der Waals surface area contributed by atoms with Gasteiger partial charge in [0, 0.05) is 31.5 Å². The van der Waals surface area contributed by atoms with Crippen molar-refractivity contribution in [1.29, 1.82) is 0 Å². The monoisotopic (exact) mass is 436 g/mol. The quantitative estimate of drug-likeness (QED) is 0.497. The Labute approximate surface area is 188 Å². The topological polar surface area (TPSA) is 108 Å². The lowest BCUT2D eigenvalue weighted by atomic mass is 9.85. The van der Waals surface area contributed by atoms with E-state index in [1.54, 1.807) is 6.33 Å². The maximum atomic E-state index is 4.94. The highest BCUT2D eigenvalue weighted by atomic mass is 15.4. The van der Waals surface area contributed by atoms with Gasteiger partial charge in [0.05, 0.1) is 22.8 Å². The van der Waals surface area contributed by atoms with E-state index in [0.717, 1.165) is 53.0 Å². The minimum absolute atomic E-state index is 0.0561. The van der Waals surface area contributed by atoms with Gasteiger partial charge in [-0.05, 0) is 25.5 Å². The van der Waals surface area contributed by atoms with Gasteiger partial charge in [-0.1, -0.05) is 34.6 Å². The van der Waals surface area contributed by atoms with E-state index in [2.05, 4.69) is 77.0 Å². The Morgan fingerprint density at radius 2 is 1.66 bits per heavy atom. The number of nitrogens with zero attached hydrogens (tertiary/aromatic N) is 9. The van der Waals surface area contributed by atoms with Crippen LogP contribution < -0.4 is 0 Å². The highest BCUT2D eigenvalue weighted by Gasteiger charge is 2.28. The molecule has 0 aliphatic heterocycles. The highest BCUT2D eigenvalue weighted by Crippen LogP contribution is 2.32. The summed E-state index contributed by atoms with van der Waals surface area (Å²) in [6.07, 6.45) is 2.58. The molecule has 0 spiro atoms. The average Bonchev–Trinajstić information content (AvgIpc) is 3.46. The third-order valence-electron chi connectivity index (χ3n) is 5.98. The minimum Gasteiger partial charge on any atom is -0.315 e. The van der Waals surface area contributed by atoms with Crippen LogP contribution in [0.4, 0.5) is 0 Å². The molecule has 0 aliphatic rings. The van der Waals surface area contributed by atoms with E-state index in [1.807, 2.05) is 30.3 Å². The summed E-state index contributed by atoms with van der Waals surface area (Å²) in [5, 5.41) is 29.2. The molecule has 10 heteroatoms. The molecular formula is C22H32N10. The van der Waals surface area contributed by atoms with E-state index in [1.165, 1.54) is 0 Å². The first-order valence-electron chi connectivity index (χ1n) is 10.8. The molecular weight excluding hydrogens is 404 g/mol. The van der Waals surface area contributed by atoms with Gasteiger partial charge in [0.25, 0.3) is 0 Å². The molecule has 1 N–H and O–H groups in total. The number of aromatic nitrogens is 10. The first-order valence-corrected chi connectivity index (χ1v) is 10.8. The predicted molar refractivity (Wildman–Crippen MR) is 122 cm³/mol. The van der Waals surface area contributed by atoms with E-state index in [-0.39, 0.29) is 10.8 Å². The van der Waals surface area contributed by atoms with Crippen molar-refractivity contribution in [1.82, 2.24) is 49.7 Å². The van der Waals surface area contributed by atoms with Crippen LogP contribution in [0.3, 0.4) is 0 Å². The van der Waals surface area contributed by atoms with E-state index in [4.69, 9.17) is 10.2 Å². The number of nitrogens with one attached hydrogen (secondary N) is 1. The van der Waals surface area contributed by atoms with Crippen LogP contribution in [0.5, 0.6) is 0 Å². The molecule has 0 amide bonds. The number of rotatable bonds is 6. The molecule has 4 heterocycles. The lowest BCUT2D eigenvalue weighted by Gasteiger charge is -2.22. The summed E-state index contributed by atoms with van der Waals surface area (Å²) >= 11 is 0. The van der Waals surface area contributed by atoms with Crippen LogP contribution >= 0.6 is 0 Å². The van der Waals surface area contributed by atoms with Crippen LogP contribution in [0.1, 0.15) is 58.1 Å². The Morgan fingerprint density at radius 1 is 0.938 bits per heavy atom. The van der Waals surface area contributed by atoms with Crippen LogP contribution in [-0.4, -0.2) is 49.7 Å². The lowest BCUT2D eigenvalue weighted by Crippen LogP contribution is -2.22. The Kier molecular flexibility index (Phi) is 5.26. The molecule has 0 aromatic carbocycles. The first kappa shape index (κ1) is 21.9. The summed E-state index contributed by atoms with van der Waals surface area (Å²) in [5.74, 6) is 0.812. The van der Waals surface area contributed by atoms with E-state index < -0.39 is 0 Å². The second-order valence-electron chi connectivity index (χ2n) is 10.1. The lowest BCUT2D eigenvalue weighted by molar-refractivity contribution is 0.405. The van der Waals surface area contributed by atoms with Crippen molar-refractivity contribution in [3.8, 4) is 22.9 Å². The molecule has 4 aromatic heterocycles. The summed E-state index contributed by atoms with van der Waals surface area (Å²) in [6.45, 7) is 13.6. The zero-order valence-corrected chi connectivity index (χ0v) is 20.2. The van der Waals surface area contributed by atoms with Crippen LogP contribution in [-0.2, 0) is 31.5 Å². The smallest absolute Gasteiger partial charge is 0.181 e. The number of aryl methyl sites for hydroxylation is 4. The standard InChI is InChI=1S/C22H32N10/c1-14-19(25-29-24-14)15-11-18(27-31(15)8)22(5,6)9-10-32-16(20-26-23-13-30(20)7)12-17(28-32)21(2,3)4/h11-13H,9-10H2,1-8H3,(H,24,25,29). The zero-order chi connectivity index (χ0) is 23.3. The van der Waals surface area contributed by atoms with E-state index in [0.29, 0.717) is 0 Å². The normalized spacial score (nSPS) is 12.6. The molecule has 10 nitrogen and oxygen atoms in total. The van der Waals surface area contributed by atoms with Crippen molar-refractivity contribution < 1.29 is 0 Å². The predicted octanol–water partition coefficient (Wildman–Crippen LogP) is 3.17. The molecule has 4 rings (SSSR count). The maximum absolute atomic E-state index is 4.94. The summed E-state index contributed by atoms with van der Waals surface area (Å²) in [4.78, 5) is 0. The fourth-order valence-electron chi connectivity index (χ4n) is 3.71. The van der Waals surface area contributed by atoms with Crippen molar-refractivity contribution in [2.75, 3.05) is 0 Å². The fourth-order valence-corrected chi connectivity index (χ4v) is 3.71. The third-order valence-corrected chi connectivity index (χ3v) is 5.98. The van der Waals surface area contributed by atoms with Gasteiger partial charge in [0.1, 0.15) is 17.7 Å². The molecule has 4 aromatic rings. The zero-order valence-electron chi connectivity index (χ0n) is 20.2. The van der Waals surface area contributed by atoms with Crippen LogP contribution in [0.2, 0.25) is 0 Å². The summed E-state index contributed by atoms with van der Waals surface area (Å²) in [5.41, 5.74) is 5.44. The first-order chi connectivity index (χ1) is 15.0. The van der Waals surface area contributed by atoms with Crippen molar-refractivity contribution in [3.63, 3.8) is 0 Å². The van der Waals surface area contributed by atoms with Crippen molar-refractivity contribution in [2.24, 2.45) is 14.1 Å². The summed E-state index contributed by atoms with van der Waals surface area (Å²) in [6, 6.07) is 4.24. The second-order valence-corrected chi connectivity index (χ2v) is 10.1. The number of H-pyrrole nitrogens is 1. The molecule has 0 saturated carbocycles. The molecule has 0 radical (unpaired) electrons. The number of hydrogen-bond acceptors (Lipinski definition) is 6. The number of hydrogen-bond donors (Lipinski definition) is 1. The van der Waals surface area contributed by atoms with Gasteiger partial charge in [-0.25, -0.2) is 0 Å². The van der Waals surface area contributed by atoms with E-state index >= 15 is 0 Å². The van der Waals surface area contributed by atoms with Crippen molar-refractivity contribution in [3.05, 3.63) is 35.5 Å². The minimum atomic E-state index is -0.168. The van der Waals surface area contributed by atoms with Crippen molar-refractivity contribution in [2.45, 2.75) is 65.3 Å². The molecule has 0 bridgehead atoms. The van der Waals surface area contributed by atoms with Gasteiger partial charge >= 0.3 is 0 Å². The number of aromatic amines is 1. The Morgan fingerprint density at radius 3 is 2.25 bits per heavy atom. The van der Waals surface area contributed by atoms with Gasteiger partial charge < -0.3 is 4.57 Å². The Balaban J connectivity index is 1.63. The van der Waals surface area contributed by atoms with Gasteiger partial charge in [-0.2, -0.15) is 25.6 Å². The molecule has 0 fully saturated rings. The Hall–Kier alpha value is -3.30. The molecule has 0 aliphatic carbocycles. The maximum Gasteiger partial charge on any atom is 0.181 e. The summed E-state index contributed by atoms with van der Waals surface area (Å²) in [7, 11) is 3.90. The SMILES string of the molecule is Cc1n[nH]nc1-c1cc(C(C)(C)CCn2nc(C(C)(C)C)cc2-c2nncn2C)nn1C. The third kappa shape index (κ3) is 3.96. The van der Waals surface area contributed by atoms with Gasteiger partial charge in [-0.15, -0.1) is 10.2 Å². The van der Waals surface area contributed by atoms with Crippen molar-refractivity contribution >= 4 is 0 Å². The molecule has 32 heavy (non-hydrogen) atoms. The average molecular weight is 437 g/mol. The molecule has 0 atom stereocenters.